The molecule has 0 aliphatic heterocycles. The zero-order valence-electron chi connectivity index (χ0n) is 34.2. The van der Waals surface area contributed by atoms with Crippen LogP contribution in [0.4, 0.5) is 23.0 Å². The number of carbonyl (C=O) groups is 1. The number of rotatable bonds is 10. The van der Waals surface area contributed by atoms with Gasteiger partial charge < -0.3 is 0 Å². The topological polar surface area (TPSA) is 130 Å². The van der Waals surface area contributed by atoms with Crippen LogP contribution in [-0.2, 0) is 32.9 Å². The molecule has 0 bridgehead atoms. The maximum atomic E-state index is 13.4. The summed E-state index contributed by atoms with van der Waals surface area (Å²) in [7, 11) is 9.49. The molecule has 16 heteroatoms. The molecule has 4 aromatic carbocycles. The fraction of sp³-hybridized carbons (Fsp3) is 0.133. The summed E-state index contributed by atoms with van der Waals surface area (Å²) < 4.78 is 20.1. The summed E-state index contributed by atoms with van der Waals surface area (Å²) in [4.78, 5) is 31.4. The third-order valence-electron chi connectivity index (χ3n) is 10.9. The van der Waals surface area contributed by atoms with Crippen molar-refractivity contribution in [1.82, 2.24) is 33.3 Å². The normalized spacial score (nSPS) is 11.6. The van der Waals surface area contributed by atoms with Crippen LogP contribution < -0.4 is 33.3 Å². The number of imidazole rings is 4. The van der Waals surface area contributed by atoms with Gasteiger partial charge in [-0.1, -0.05) is 0 Å². The molecule has 0 unspecified atom stereocenters. The number of carbonyl (C=O) groups excluding carboxylic acids is 1. The SMILES string of the molecule is COC(=O)c1cc([Se][Se]c2ccc(Nc3c(-c4ccccc4)nc4c5c(ncn34)n(C)c[n+]5C)c(C)c2)ccc1Nc1c(-c2ccccc2)[n+](C)c2c3c(ncn12)[nH]c[n+]3C. The summed E-state index contributed by atoms with van der Waals surface area (Å²) >= 11 is 0.228. The molecule has 302 valence electrons. The number of methoxy groups -OCH3 is 1. The third-order valence-corrected chi connectivity index (χ3v) is 18.1. The molecule has 0 aliphatic carbocycles. The number of aryl methyl sites for hydroxylation is 5. The van der Waals surface area contributed by atoms with Crippen molar-refractivity contribution in [3.05, 3.63) is 133 Å². The van der Waals surface area contributed by atoms with E-state index in [2.05, 4.69) is 87.3 Å². The van der Waals surface area contributed by atoms with Gasteiger partial charge in [-0.15, -0.1) is 0 Å². The molecule has 10 aromatic rings. The van der Waals surface area contributed by atoms with Gasteiger partial charge in [0.1, 0.15) is 0 Å². The fourth-order valence-corrected chi connectivity index (χ4v) is 14.1. The zero-order chi connectivity index (χ0) is 41.9. The molecule has 0 amide bonds. The summed E-state index contributed by atoms with van der Waals surface area (Å²) in [5.41, 5.74) is 12.4. The van der Waals surface area contributed by atoms with Gasteiger partial charge in [0.15, 0.2) is 0 Å². The molecule has 0 fully saturated rings. The van der Waals surface area contributed by atoms with E-state index in [9.17, 15) is 4.79 Å². The number of hydrogen-bond donors (Lipinski definition) is 3. The second kappa shape index (κ2) is 15.3. The van der Waals surface area contributed by atoms with Gasteiger partial charge in [0.25, 0.3) is 0 Å². The number of ether oxygens (including phenoxy) is 1. The van der Waals surface area contributed by atoms with Crippen LogP contribution in [0.2, 0.25) is 0 Å². The Morgan fingerprint density at radius 1 is 0.754 bits per heavy atom. The average molecular weight is 940 g/mol. The standard InChI is InChI=1S/C45H39N12O2Se2/c1-27-21-30(17-19-33(27)49-40-35(28-13-9-7-10-14-28)51-43-38-41(48-25-56(40)43)54(4)26-53(38)3)60-61-31-18-20-34(32(22-31)45(58)59-6)50-42-36(29-15-11-8-12-16-29)55(5)44-37-39(46-23-52(37)2)47-24-57(42)44/h7-26,49H,1-6H3/q+1/p+2. The predicted molar refractivity (Wildman–Crippen MR) is 237 cm³/mol. The molecule has 10 rings (SSSR count). The van der Waals surface area contributed by atoms with Crippen molar-refractivity contribution in [3.63, 3.8) is 0 Å². The molecular formula is C45H41N12O2Se2+3. The summed E-state index contributed by atoms with van der Waals surface area (Å²) in [6, 6.07) is 33.2. The van der Waals surface area contributed by atoms with Gasteiger partial charge in [-0.05, 0) is 0 Å². The second-order valence-electron chi connectivity index (χ2n) is 14.9. The van der Waals surface area contributed by atoms with Gasteiger partial charge in [-0.3, -0.25) is 0 Å². The van der Waals surface area contributed by atoms with E-state index < -0.39 is 5.97 Å². The molecule has 14 nitrogen and oxygen atoms in total. The van der Waals surface area contributed by atoms with E-state index in [1.165, 1.54) is 11.6 Å². The van der Waals surface area contributed by atoms with Gasteiger partial charge in [-0.2, -0.15) is 0 Å². The summed E-state index contributed by atoms with van der Waals surface area (Å²) in [5, 5.41) is 7.37. The van der Waals surface area contributed by atoms with E-state index in [0.717, 1.165) is 83.5 Å². The van der Waals surface area contributed by atoms with Crippen molar-refractivity contribution in [2.24, 2.45) is 28.2 Å². The van der Waals surface area contributed by atoms with Gasteiger partial charge in [0.2, 0.25) is 0 Å². The van der Waals surface area contributed by atoms with Crippen LogP contribution in [0, 0.1) is 6.92 Å². The van der Waals surface area contributed by atoms with E-state index in [1.807, 2.05) is 113 Å². The van der Waals surface area contributed by atoms with Gasteiger partial charge in [-0.25, -0.2) is 0 Å². The van der Waals surface area contributed by atoms with E-state index in [1.54, 1.807) is 0 Å². The van der Waals surface area contributed by atoms with E-state index in [-0.39, 0.29) is 26.3 Å². The Morgan fingerprint density at radius 2 is 1.43 bits per heavy atom. The van der Waals surface area contributed by atoms with Crippen LogP contribution in [0.15, 0.2) is 122 Å². The fourth-order valence-electron chi connectivity index (χ4n) is 8.00. The van der Waals surface area contributed by atoms with Crippen molar-refractivity contribution >= 4 is 97.8 Å². The zero-order valence-corrected chi connectivity index (χ0v) is 37.6. The molecule has 0 radical (unpaired) electrons. The summed E-state index contributed by atoms with van der Waals surface area (Å²) in [6.07, 6.45) is 7.57. The van der Waals surface area contributed by atoms with Crippen molar-refractivity contribution < 1.29 is 23.2 Å². The monoisotopic (exact) mass is 941 g/mol. The molecule has 61 heavy (non-hydrogen) atoms. The molecule has 6 aromatic heterocycles. The number of hydrogen-bond acceptors (Lipinski definition) is 7. The molecule has 0 spiro atoms. The van der Waals surface area contributed by atoms with Crippen molar-refractivity contribution in [2.45, 2.75) is 6.92 Å². The number of aromatic nitrogens is 10. The van der Waals surface area contributed by atoms with Crippen LogP contribution in [0.5, 0.6) is 0 Å². The Bertz CT molecular complexity index is 3340. The van der Waals surface area contributed by atoms with Gasteiger partial charge in [0, 0.05) is 0 Å². The van der Waals surface area contributed by atoms with E-state index in [0.29, 0.717) is 11.3 Å². The Balaban J connectivity index is 0.946. The van der Waals surface area contributed by atoms with Crippen molar-refractivity contribution in [1.29, 1.82) is 0 Å². The number of esters is 1. The first-order valence-electron chi connectivity index (χ1n) is 19.5. The number of nitrogens with zero attached hydrogens (tertiary/aromatic N) is 9. The van der Waals surface area contributed by atoms with Crippen molar-refractivity contribution in [3.8, 4) is 22.5 Å². The van der Waals surface area contributed by atoms with Crippen molar-refractivity contribution in [2.75, 3.05) is 17.7 Å². The number of nitrogens with one attached hydrogen (secondary N) is 3. The minimum atomic E-state index is -0.401. The molecule has 0 saturated carbocycles. The first-order chi connectivity index (χ1) is 29.7. The van der Waals surface area contributed by atoms with E-state index >= 15 is 0 Å². The third kappa shape index (κ3) is 6.61. The van der Waals surface area contributed by atoms with Crippen LogP contribution in [0.3, 0.4) is 0 Å². The molecule has 0 saturated heterocycles. The molecular weight excluding hydrogens is 898 g/mol. The first-order valence-corrected chi connectivity index (χ1v) is 25.5. The Kier molecular flexibility index (Phi) is 9.64. The predicted octanol–water partition coefficient (Wildman–Crippen LogP) is 4.01. The van der Waals surface area contributed by atoms with Gasteiger partial charge in [0.05, 0.1) is 0 Å². The van der Waals surface area contributed by atoms with Crippen LogP contribution in [-0.4, -0.2) is 72.6 Å². The van der Waals surface area contributed by atoms with Crippen LogP contribution in [0.25, 0.3) is 56.1 Å². The Hall–Kier alpha value is -6.83. The molecule has 0 atom stereocenters. The molecule has 3 N–H and O–H groups in total. The number of fused-ring (bicyclic) bond motifs is 6. The molecule has 0 aliphatic rings. The van der Waals surface area contributed by atoms with E-state index in [4.69, 9.17) is 19.7 Å². The Morgan fingerprint density at radius 3 is 2.15 bits per heavy atom. The Labute approximate surface area is 361 Å². The molecule has 6 heterocycles. The average Bonchev–Trinajstić information content (AvgIpc) is 4.01. The summed E-state index contributed by atoms with van der Waals surface area (Å²) in [5.74, 6) is 1.24. The maximum absolute atomic E-state index is 13.4. The first kappa shape index (κ1) is 38.4. The second-order valence-corrected chi connectivity index (χ2v) is 21.2. The number of aromatic amines is 1. The number of benzene rings is 4. The van der Waals surface area contributed by atoms with Crippen LogP contribution >= 0.6 is 0 Å². The van der Waals surface area contributed by atoms with Gasteiger partial charge >= 0.3 is 363 Å². The summed E-state index contributed by atoms with van der Waals surface area (Å²) in [6.45, 7) is 2.13. The quantitative estimate of drug-likeness (QED) is 0.108. The number of anilines is 4. The number of H-pyrrole nitrogens is 1. The van der Waals surface area contributed by atoms with Crippen LogP contribution in [0.1, 0.15) is 15.9 Å². The minimum absolute atomic E-state index is 0.0853.